The third kappa shape index (κ3) is 5.32. The predicted molar refractivity (Wildman–Crippen MR) is 106 cm³/mol. The highest BCUT2D eigenvalue weighted by molar-refractivity contribution is 5.89. The Bertz CT molecular complexity index is 806. The molecule has 146 valence electrons. The highest BCUT2D eigenvalue weighted by Gasteiger charge is 2.15. The average Bonchev–Trinajstić information content (AvgIpc) is 2.62. The molecule has 0 aliphatic rings. The maximum atomic E-state index is 11.8. The number of nitrogens with two attached hydrogens (primary N) is 1. The number of aryl methyl sites for hydroxylation is 1. The first-order valence-corrected chi connectivity index (χ1v) is 9.14. The maximum absolute atomic E-state index is 11.8. The number of methoxy groups -OCH3 is 1. The summed E-state index contributed by atoms with van der Waals surface area (Å²) in [6.45, 7) is 8.13. The van der Waals surface area contributed by atoms with Gasteiger partial charge in [-0.1, -0.05) is 27.2 Å². The molecule has 0 aliphatic heterocycles. The number of anilines is 2. The second-order valence-electron chi connectivity index (χ2n) is 6.71. The van der Waals surface area contributed by atoms with Crippen molar-refractivity contribution in [2.45, 2.75) is 52.9 Å². The number of unbranched alkanes of at least 4 members (excludes halogenated alkanes) is 1. The van der Waals surface area contributed by atoms with Gasteiger partial charge in [-0.05, 0) is 37.0 Å². The van der Waals surface area contributed by atoms with Gasteiger partial charge in [-0.15, -0.1) is 0 Å². The molecule has 1 aromatic carbocycles. The minimum Gasteiger partial charge on any atom is -0.496 e. The van der Waals surface area contributed by atoms with Crippen LogP contribution in [0, 0.1) is 6.92 Å². The van der Waals surface area contributed by atoms with Crippen LogP contribution in [0.5, 0.6) is 17.2 Å². The van der Waals surface area contributed by atoms with Gasteiger partial charge in [0.05, 0.1) is 13.3 Å². The number of nitrogens with one attached hydrogen (secondary N) is 1. The first-order chi connectivity index (χ1) is 12.8. The minimum absolute atomic E-state index is 0.127. The lowest BCUT2D eigenvalue weighted by molar-refractivity contribution is -0.116. The van der Waals surface area contributed by atoms with Crippen molar-refractivity contribution in [2.75, 3.05) is 18.2 Å². The SMILES string of the molecule is CCCCC(=O)Nc1ncc(Oc2cc(C)c(OC)cc2C(C)C)c(N)n1. The van der Waals surface area contributed by atoms with Gasteiger partial charge in [-0.25, -0.2) is 4.98 Å². The van der Waals surface area contributed by atoms with Crippen LogP contribution in [0.25, 0.3) is 0 Å². The Kier molecular flexibility index (Phi) is 6.98. The summed E-state index contributed by atoms with van der Waals surface area (Å²) in [5.74, 6) is 2.27. The minimum atomic E-state index is -0.127. The molecule has 1 heterocycles. The highest BCUT2D eigenvalue weighted by Crippen LogP contribution is 2.37. The van der Waals surface area contributed by atoms with Gasteiger partial charge in [0.1, 0.15) is 11.5 Å². The number of carbonyl (C=O) groups is 1. The van der Waals surface area contributed by atoms with E-state index < -0.39 is 0 Å². The Morgan fingerprint density at radius 3 is 2.59 bits per heavy atom. The molecule has 0 bridgehead atoms. The summed E-state index contributed by atoms with van der Waals surface area (Å²) in [6.07, 6.45) is 3.67. The molecule has 0 atom stereocenters. The van der Waals surface area contributed by atoms with Crippen LogP contribution in [0.3, 0.4) is 0 Å². The van der Waals surface area contributed by atoms with Crippen molar-refractivity contribution in [3.63, 3.8) is 0 Å². The van der Waals surface area contributed by atoms with Crippen LogP contribution in [-0.2, 0) is 4.79 Å². The number of rotatable bonds is 8. The molecule has 1 aromatic heterocycles. The molecule has 2 aromatic rings. The van der Waals surface area contributed by atoms with Crippen molar-refractivity contribution >= 4 is 17.7 Å². The Morgan fingerprint density at radius 1 is 1.26 bits per heavy atom. The molecule has 0 radical (unpaired) electrons. The van der Waals surface area contributed by atoms with Gasteiger partial charge >= 0.3 is 0 Å². The monoisotopic (exact) mass is 372 g/mol. The van der Waals surface area contributed by atoms with Gasteiger partial charge in [-0.2, -0.15) is 4.98 Å². The fraction of sp³-hybridized carbons (Fsp3) is 0.450. The smallest absolute Gasteiger partial charge is 0.231 e. The van der Waals surface area contributed by atoms with E-state index >= 15 is 0 Å². The number of benzene rings is 1. The Balaban J connectivity index is 2.23. The maximum Gasteiger partial charge on any atom is 0.231 e. The predicted octanol–water partition coefficient (Wildman–Crippen LogP) is 4.42. The highest BCUT2D eigenvalue weighted by atomic mass is 16.5. The normalized spacial score (nSPS) is 10.7. The molecule has 1 amide bonds. The number of carbonyl (C=O) groups excluding carboxylic acids is 1. The van der Waals surface area contributed by atoms with Gasteiger partial charge in [0, 0.05) is 12.0 Å². The van der Waals surface area contributed by atoms with E-state index in [4.69, 9.17) is 15.2 Å². The molecule has 0 spiro atoms. The molecule has 0 fully saturated rings. The van der Waals surface area contributed by atoms with E-state index in [0.29, 0.717) is 17.9 Å². The second kappa shape index (κ2) is 9.21. The number of ether oxygens (including phenoxy) is 2. The first kappa shape index (κ1) is 20.5. The summed E-state index contributed by atoms with van der Waals surface area (Å²) in [7, 11) is 1.65. The molecule has 7 heteroatoms. The molecular formula is C20H28N4O3. The van der Waals surface area contributed by atoms with Crippen LogP contribution in [0.2, 0.25) is 0 Å². The largest absolute Gasteiger partial charge is 0.496 e. The zero-order chi connectivity index (χ0) is 20.0. The second-order valence-corrected chi connectivity index (χ2v) is 6.71. The summed E-state index contributed by atoms with van der Waals surface area (Å²) in [6, 6.07) is 3.88. The summed E-state index contributed by atoms with van der Waals surface area (Å²) in [5.41, 5.74) is 7.96. The number of hydrogen-bond donors (Lipinski definition) is 2. The van der Waals surface area contributed by atoms with Gasteiger partial charge in [0.2, 0.25) is 11.9 Å². The van der Waals surface area contributed by atoms with E-state index in [1.54, 1.807) is 7.11 Å². The van der Waals surface area contributed by atoms with Gasteiger partial charge in [0.15, 0.2) is 11.6 Å². The van der Waals surface area contributed by atoms with Crippen LogP contribution in [-0.4, -0.2) is 23.0 Å². The van der Waals surface area contributed by atoms with Gasteiger partial charge < -0.3 is 15.2 Å². The summed E-state index contributed by atoms with van der Waals surface area (Å²) in [5, 5.41) is 2.65. The van der Waals surface area contributed by atoms with Crippen molar-refractivity contribution in [3.05, 3.63) is 29.5 Å². The van der Waals surface area contributed by atoms with E-state index in [-0.39, 0.29) is 23.6 Å². The van der Waals surface area contributed by atoms with Crippen molar-refractivity contribution in [3.8, 4) is 17.2 Å². The molecule has 0 saturated heterocycles. The van der Waals surface area contributed by atoms with E-state index in [9.17, 15) is 4.79 Å². The van der Waals surface area contributed by atoms with Crippen LogP contribution in [0.4, 0.5) is 11.8 Å². The molecule has 0 saturated carbocycles. The Labute approximate surface area is 160 Å². The van der Waals surface area contributed by atoms with E-state index in [1.807, 2.05) is 26.0 Å². The fourth-order valence-electron chi connectivity index (χ4n) is 2.60. The zero-order valence-electron chi connectivity index (χ0n) is 16.6. The lowest BCUT2D eigenvalue weighted by Gasteiger charge is -2.17. The Morgan fingerprint density at radius 2 is 2.00 bits per heavy atom. The molecule has 0 aliphatic carbocycles. The standard InChI is InChI=1S/C20H28N4O3/c1-6-7-8-18(25)23-20-22-11-17(19(21)24-20)27-16-9-13(4)15(26-5)10-14(16)12(2)3/h9-12H,6-8H2,1-5H3,(H3,21,22,23,24,25). The molecule has 3 N–H and O–H groups in total. The van der Waals surface area contributed by atoms with Crippen LogP contribution < -0.4 is 20.5 Å². The summed E-state index contributed by atoms with van der Waals surface area (Å²) >= 11 is 0. The van der Waals surface area contributed by atoms with Crippen molar-refractivity contribution in [1.82, 2.24) is 9.97 Å². The van der Waals surface area contributed by atoms with E-state index in [2.05, 4.69) is 29.1 Å². The first-order valence-electron chi connectivity index (χ1n) is 9.14. The number of amides is 1. The summed E-state index contributed by atoms with van der Waals surface area (Å²) < 4.78 is 11.4. The Hall–Kier alpha value is -2.83. The number of aromatic nitrogens is 2. The average molecular weight is 372 g/mol. The molecule has 27 heavy (non-hydrogen) atoms. The van der Waals surface area contributed by atoms with E-state index in [0.717, 1.165) is 29.7 Å². The summed E-state index contributed by atoms with van der Waals surface area (Å²) in [4.78, 5) is 20.1. The topological polar surface area (TPSA) is 99.4 Å². The van der Waals surface area contributed by atoms with E-state index in [1.165, 1.54) is 6.20 Å². The lowest BCUT2D eigenvalue weighted by atomic mass is 10.00. The zero-order valence-corrected chi connectivity index (χ0v) is 16.6. The van der Waals surface area contributed by atoms with Crippen LogP contribution in [0.1, 0.15) is 57.1 Å². The number of hydrogen-bond acceptors (Lipinski definition) is 6. The molecular weight excluding hydrogens is 344 g/mol. The molecule has 0 unspecified atom stereocenters. The van der Waals surface area contributed by atoms with Gasteiger partial charge in [0.25, 0.3) is 0 Å². The van der Waals surface area contributed by atoms with Crippen LogP contribution >= 0.6 is 0 Å². The van der Waals surface area contributed by atoms with Crippen molar-refractivity contribution < 1.29 is 14.3 Å². The number of nitrogen functional groups attached to an aromatic ring is 1. The third-order valence-corrected chi connectivity index (χ3v) is 4.16. The number of nitrogens with zero attached hydrogens (tertiary/aromatic N) is 2. The fourth-order valence-corrected chi connectivity index (χ4v) is 2.60. The third-order valence-electron chi connectivity index (χ3n) is 4.16. The lowest BCUT2D eigenvalue weighted by Crippen LogP contribution is -2.14. The quantitative estimate of drug-likeness (QED) is 0.711. The van der Waals surface area contributed by atoms with Crippen molar-refractivity contribution in [2.24, 2.45) is 0 Å². The van der Waals surface area contributed by atoms with Crippen molar-refractivity contribution in [1.29, 1.82) is 0 Å². The van der Waals surface area contributed by atoms with Gasteiger partial charge in [-0.3, -0.25) is 10.1 Å². The molecule has 2 rings (SSSR count). The molecule has 7 nitrogen and oxygen atoms in total. The van der Waals surface area contributed by atoms with Crippen LogP contribution in [0.15, 0.2) is 18.3 Å².